The molecule has 4 aromatic rings. The lowest BCUT2D eigenvalue weighted by atomic mass is 10.1. The van der Waals surface area contributed by atoms with Crippen LogP contribution in [-0.2, 0) is 19.6 Å². The van der Waals surface area contributed by atoms with Gasteiger partial charge in [0.1, 0.15) is 12.4 Å². The first-order chi connectivity index (χ1) is 13.8. The summed E-state index contributed by atoms with van der Waals surface area (Å²) in [5, 5.41) is 6.04. The highest BCUT2D eigenvalue weighted by Crippen LogP contribution is 2.22. The van der Waals surface area contributed by atoms with Gasteiger partial charge in [0.2, 0.25) is 0 Å². The average molecular weight is 367 g/mol. The summed E-state index contributed by atoms with van der Waals surface area (Å²) in [6.07, 6.45) is 1.03. The van der Waals surface area contributed by atoms with Crippen molar-refractivity contribution in [3.8, 4) is 5.75 Å². The van der Waals surface area contributed by atoms with Gasteiger partial charge in [0, 0.05) is 12.2 Å². The number of fused-ring (bicyclic) bond motifs is 1. The van der Waals surface area contributed by atoms with Crippen LogP contribution in [0.3, 0.4) is 0 Å². The number of ether oxygens (including phenoxy) is 1. The minimum Gasteiger partial charge on any atom is -0.489 e. The van der Waals surface area contributed by atoms with Crippen LogP contribution in [0.2, 0.25) is 0 Å². The number of para-hydroxylation sites is 1. The number of anilines is 1. The molecule has 4 aromatic carbocycles. The molecule has 0 aliphatic rings. The minimum absolute atomic E-state index is 0.572. The fraction of sp³-hybridized carbons (Fsp3) is 0.154. The fourth-order valence-corrected chi connectivity index (χ4v) is 3.48. The molecule has 0 fully saturated rings. The van der Waals surface area contributed by atoms with Crippen molar-refractivity contribution in [2.75, 3.05) is 5.32 Å². The zero-order valence-corrected chi connectivity index (χ0v) is 16.2. The predicted octanol–water partition coefficient (Wildman–Crippen LogP) is 6.59. The zero-order valence-electron chi connectivity index (χ0n) is 16.2. The molecule has 1 N–H and O–H groups in total. The average Bonchev–Trinajstić information content (AvgIpc) is 2.77. The molecule has 0 aliphatic heterocycles. The predicted molar refractivity (Wildman–Crippen MR) is 118 cm³/mol. The minimum atomic E-state index is 0.572. The third kappa shape index (κ3) is 4.17. The molecule has 0 heterocycles. The lowest BCUT2D eigenvalue weighted by Gasteiger charge is -2.12. The third-order valence-corrected chi connectivity index (χ3v) is 5.08. The van der Waals surface area contributed by atoms with Crippen LogP contribution in [0, 0.1) is 0 Å². The standard InChI is InChI=1S/C26H25NO/c1-2-21-8-4-6-13-26(21)27-18-20-14-16-24(17-15-20)28-19-23-11-7-10-22-9-3-5-12-25(22)23/h3-17,27H,2,18-19H2,1H3. The first kappa shape index (κ1) is 18.1. The van der Waals surface area contributed by atoms with E-state index in [0.29, 0.717) is 6.61 Å². The van der Waals surface area contributed by atoms with E-state index in [2.05, 4.69) is 91.1 Å². The molecule has 0 unspecified atom stereocenters. The third-order valence-electron chi connectivity index (χ3n) is 5.08. The molecule has 0 radical (unpaired) electrons. The lowest BCUT2D eigenvalue weighted by Crippen LogP contribution is -2.02. The molecular weight excluding hydrogens is 342 g/mol. The van der Waals surface area contributed by atoms with E-state index in [-0.39, 0.29) is 0 Å². The van der Waals surface area contributed by atoms with E-state index in [9.17, 15) is 0 Å². The van der Waals surface area contributed by atoms with Crippen molar-refractivity contribution < 1.29 is 4.74 Å². The molecular formula is C26H25NO. The van der Waals surface area contributed by atoms with E-state index >= 15 is 0 Å². The van der Waals surface area contributed by atoms with Crippen molar-refractivity contribution in [2.45, 2.75) is 26.5 Å². The molecule has 0 amide bonds. The summed E-state index contributed by atoms with van der Waals surface area (Å²) < 4.78 is 6.03. The Morgan fingerprint density at radius 1 is 0.714 bits per heavy atom. The maximum Gasteiger partial charge on any atom is 0.119 e. The Kier molecular flexibility index (Phi) is 5.58. The Hall–Kier alpha value is -3.26. The van der Waals surface area contributed by atoms with Crippen molar-refractivity contribution in [3.05, 3.63) is 108 Å². The normalized spacial score (nSPS) is 10.8. The second-order valence-electron chi connectivity index (χ2n) is 6.94. The van der Waals surface area contributed by atoms with E-state index in [4.69, 9.17) is 4.74 Å². The SMILES string of the molecule is CCc1ccccc1NCc1ccc(OCc2cccc3ccccc23)cc1. The number of hydrogen-bond acceptors (Lipinski definition) is 2. The Balaban J connectivity index is 1.38. The molecule has 4 rings (SSSR count). The first-order valence-electron chi connectivity index (χ1n) is 9.83. The van der Waals surface area contributed by atoms with E-state index in [1.807, 2.05) is 12.1 Å². The van der Waals surface area contributed by atoms with Crippen LogP contribution in [-0.4, -0.2) is 0 Å². The summed E-state index contributed by atoms with van der Waals surface area (Å²) in [4.78, 5) is 0. The van der Waals surface area contributed by atoms with Gasteiger partial charge in [-0.1, -0.05) is 79.7 Å². The summed E-state index contributed by atoms with van der Waals surface area (Å²) in [6.45, 7) is 3.56. The quantitative estimate of drug-likeness (QED) is 0.398. The summed E-state index contributed by atoms with van der Waals surface area (Å²) in [7, 11) is 0. The molecule has 0 aliphatic carbocycles. The molecule has 0 spiro atoms. The zero-order chi connectivity index (χ0) is 19.2. The Morgan fingerprint density at radius 2 is 1.43 bits per heavy atom. The molecule has 2 nitrogen and oxygen atoms in total. The van der Waals surface area contributed by atoms with Crippen molar-refractivity contribution in [1.82, 2.24) is 0 Å². The summed E-state index contributed by atoms with van der Waals surface area (Å²) in [6, 6.07) is 31.6. The van der Waals surface area contributed by atoms with Gasteiger partial charge >= 0.3 is 0 Å². The Labute approximate surface area is 166 Å². The van der Waals surface area contributed by atoms with Gasteiger partial charge in [-0.3, -0.25) is 0 Å². The van der Waals surface area contributed by atoms with Crippen LogP contribution in [0.15, 0.2) is 91.0 Å². The van der Waals surface area contributed by atoms with E-state index < -0.39 is 0 Å². The van der Waals surface area contributed by atoms with Gasteiger partial charge in [-0.15, -0.1) is 0 Å². The Bertz CT molecular complexity index is 1050. The number of aryl methyl sites for hydroxylation is 1. The highest BCUT2D eigenvalue weighted by molar-refractivity contribution is 5.85. The maximum absolute atomic E-state index is 6.03. The molecule has 0 bridgehead atoms. The van der Waals surface area contributed by atoms with Crippen molar-refractivity contribution in [3.63, 3.8) is 0 Å². The van der Waals surface area contributed by atoms with Crippen LogP contribution in [0.4, 0.5) is 5.69 Å². The van der Waals surface area contributed by atoms with Gasteiger partial charge in [0.05, 0.1) is 0 Å². The highest BCUT2D eigenvalue weighted by Gasteiger charge is 2.03. The van der Waals surface area contributed by atoms with Gasteiger partial charge in [0.25, 0.3) is 0 Å². The number of nitrogens with one attached hydrogen (secondary N) is 1. The van der Waals surface area contributed by atoms with E-state index in [1.165, 1.54) is 33.2 Å². The van der Waals surface area contributed by atoms with Crippen LogP contribution < -0.4 is 10.1 Å². The van der Waals surface area contributed by atoms with Crippen LogP contribution in [0.5, 0.6) is 5.75 Å². The van der Waals surface area contributed by atoms with Crippen molar-refractivity contribution in [2.24, 2.45) is 0 Å². The Morgan fingerprint density at radius 3 is 2.29 bits per heavy atom. The summed E-state index contributed by atoms with van der Waals surface area (Å²) in [5.41, 5.74) is 5.00. The van der Waals surface area contributed by atoms with E-state index in [0.717, 1.165) is 18.7 Å². The maximum atomic E-state index is 6.03. The van der Waals surface area contributed by atoms with E-state index in [1.54, 1.807) is 0 Å². The largest absolute Gasteiger partial charge is 0.489 e. The van der Waals surface area contributed by atoms with Crippen LogP contribution >= 0.6 is 0 Å². The second kappa shape index (κ2) is 8.62. The fourth-order valence-electron chi connectivity index (χ4n) is 3.48. The van der Waals surface area contributed by atoms with Gasteiger partial charge < -0.3 is 10.1 Å². The van der Waals surface area contributed by atoms with Crippen LogP contribution in [0.25, 0.3) is 10.8 Å². The number of rotatable bonds is 7. The number of hydrogen-bond donors (Lipinski definition) is 1. The summed E-state index contributed by atoms with van der Waals surface area (Å²) >= 11 is 0. The molecule has 0 atom stereocenters. The smallest absolute Gasteiger partial charge is 0.119 e. The monoisotopic (exact) mass is 367 g/mol. The molecule has 0 saturated carbocycles. The summed E-state index contributed by atoms with van der Waals surface area (Å²) in [5.74, 6) is 0.894. The van der Waals surface area contributed by atoms with Gasteiger partial charge in [-0.2, -0.15) is 0 Å². The number of benzene rings is 4. The van der Waals surface area contributed by atoms with Gasteiger partial charge in [0.15, 0.2) is 0 Å². The van der Waals surface area contributed by atoms with Gasteiger partial charge in [-0.05, 0) is 52.1 Å². The van der Waals surface area contributed by atoms with Crippen molar-refractivity contribution in [1.29, 1.82) is 0 Å². The first-order valence-corrected chi connectivity index (χ1v) is 9.83. The van der Waals surface area contributed by atoms with Crippen LogP contribution in [0.1, 0.15) is 23.6 Å². The topological polar surface area (TPSA) is 21.3 Å². The molecule has 0 saturated heterocycles. The molecule has 140 valence electrons. The molecule has 2 heteroatoms. The second-order valence-corrected chi connectivity index (χ2v) is 6.94. The lowest BCUT2D eigenvalue weighted by molar-refractivity contribution is 0.307. The van der Waals surface area contributed by atoms with Gasteiger partial charge in [-0.25, -0.2) is 0 Å². The highest BCUT2D eigenvalue weighted by atomic mass is 16.5. The molecule has 0 aromatic heterocycles. The molecule has 28 heavy (non-hydrogen) atoms. The van der Waals surface area contributed by atoms with Crippen molar-refractivity contribution >= 4 is 16.5 Å².